The second-order valence-electron chi connectivity index (χ2n) is 4.13. The van der Waals surface area contributed by atoms with Gasteiger partial charge in [-0.1, -0.05) is 11.6 Å². The quantitative estimate of drug-likeness (QED) is 0.820. The zero-order valence-electron chi connectivity index (χ0n) is 9.37. The van der Waals surface area contributed by atoms with Crippen LogP contribution >= 0.6 is 11.6 Å². The van der Waals surface area contributed by atoms with E-state index in [4.69, 9.17) is 16.3 Å². The van der Waals surface area contributed by atoms with Crippen LogP contribution in [0.15, 0.2) is 6.20 Å². The van der Waals surface area contributed by atoms with Crippen molar-refractivity contribution in [3.63, 3.8) is 0 Å². The first kappa shape index (κ1) is 11.6. The lowest BCUT2D eigenvalue weighted by Crippen LogP contribution is -2.30. The number of hydrogen-bond donors (Lipinski definition) is 1. The molecule has 16 heavy (non-hydrogen) atoms. The van der Waals surface area contributed by atoms with Gasteiger partial charge in [-0.15, -0.1) is 0 Å². The molecule has 1 aliphatic heterocycles. The maximum absolute atomic E-state index is 5.89. The van der Waals surface area contributed by atoms with Gasteiger partial charge in [0, 0.05) is 11.8 Å². The van der Waals surface area contributed by atoms with E-state index in [2.05, 4.69) is 15.3 Å². The molecule has 1 fully saturated rings. The molecule has 2 heterocycles. The van der Waals surface area contributed by atoms with Crippen LogP contribution < -0.4 is 10.1 Å². The highest BCUT2D eigenvalue weighted by Gasteiger charge is 2.14. The van der Waals surface area contributed by atoms with Crippen LogP contribution in [0.1, 0.15) is 18.4 Å². The number of piperidine rings is 1. The monoisotopic (exact) mass is 241 g/mol. The minimum Gasteiger partial charge on any atom is -0.463 e. The average molecular weight is 242 g/mol. The summed E-state index contributed by atoms with van der Waals surface area (Å²) in [6, 6.07) is 0.383. The standard InChI is InChI=1S/C11H16ClN3O/c1-8-6-14-11(15-10(8)12)16-7-9-2-4-13-5-3-9/h6,9,13H,2-5,7H2,1H3. The van der Waals surface area contributed by atoms with Gasteiger partial charge in [0.25, 0.3) is 0 Å². The largest absolute Gasteiger partial charge is 0.463 e. The number of aromatic nitrogens is 2. The highest BCUT2D eigenvalue weighted by Crippen LogP contribution is 2.16. The molecule has 1 aromatic heterocycles. The Morgan fingerprint density at radius 2 is 2.25 bits per heavy atom. The third kappa shape index (κ3) is 3.06. The fourth-order valence-electron chi connectivity index (χ4n) is 1.72. The number of hydrogen-bond acceptors (Lipinski definition) is 4. The second-order valence-corrected chi connectivity index (χ2v) is 4.49. The third-order valence-electron chi connectivity index (χ3n) is 2.79. The highest BCUT2D eigenvalue weighted by atomic mass is 35.5. The normalized spacial score (nSPS) is 17.4. The van der Waals surface area contributed by atoms with Crippen LogP contribution in [0.4, 0.5) is 0 Å². The molecule has 1 aliphatic rings. The van der Waals surface area contributed by atoms with Crippen LogP contribution in [-0.2, 0) is 0 Å². The van der Waals surface area contributed by atoms with Gasteiger partial charge in [-0.3, -0.25) is 0 Å². The Hall–Kier alpha value is -0.870. The number of nitrogens with one attached hydrogen (secondary N) is 1. The molecule has 0 radical (unpaired) electrons. The van der Waals surface area contributed by atoms with Gasteiger partial charge in [0.15, 0.2) is 0 Å². The van der Waals surface area contributed by atoms with E-state index in [1.807, 2.05) is 6.92 Å². The van der Waals surface area contributed by atoms with E-state index >= 15 is 0 Å². The molecular formula is C11H16ClN3O. The van der Waals surface area contributed by atoms with E-state index in [0.717, 1.165) is 31.5 Å². The summed E-state index contributed by atoms with van der Waals surface area (Å²) in [7, 11) is 0. The molecule has 0 unspecified atom stereocenters. The van der Waals surface area contributed by atoms with Crippen molar-refractivity contribution in [1.29, 1.82) is 0 Å². The van der Waals surface area contributed by atoms with Gasteiger partial charge in [0.05, 0.1) is 6.61 Å². The Morgan fingerprint density at radius 3 is 2.94 bits per heavy atom. The van der Waals surface area contributed by atoms with Gasteiger partial charge in [-0.2, -0.15) is 4.98 Å². The summed E-state index contributed by atoms with van der Waals surface area (Å²) in [6.45, 7) is 4.70. The number of ether oxygens (including phenoxy) is 1. The van der Waals surface area contributed by atoms with E-state index in [1.54, 1.807) is 6.20 Å². The molecule has 1 N–H and O–H groups in total. The first-order valence-corrected chi connectivity index (χ1v) is 5.96. The van der Waals surface area contributed by atoms with Gasteiger partial charge in [-0.25, -0.2) is 4.98 Å². The van der Waals surface area contributed by atoms with Crippen molar-refractivity contribution in [2.45, 2.75) is 19.8 Å². The lowest BCUT2D eigenvalue weighted by Gasteiger charge is -2.22. The molecule has 1 saturated heterocycles. The highest BCUT2D eigenvalue weighted by molar-refractivity contribution is 6.30. The van der Waals surface area contributed by atoms with Crippen LogP contribution in [-0.4, -0.2) is 29.7 Å². The Balaban J connectivity index is 1.86. The van der Waals surface area contributed by atoms with E-state index in [9.17, 15) is 0 Å². The Morgan fingerprint density at radius 1 is 1.50 bits per heavy atom. The van der Waals surface area contributed by atoms with Gasteiger partial charge < -0.3 is 10.1 Å². The molecule has 4 nitrogen and oxygen atoms in total. The van der Waals surface area contributed by atoms with Crippen LogP contribution in [0, 0.1) is 12.8 Å². The molecule has 0 saturated carbocycles. The van der Waals surface area contributed by atoms with Crippen molar-refractivity contribution in [3.05, 3.63) is 16.9 Å². The molecule has 0 spiro atoms. The Labute approximate surface area is 100 Å². The number of halogens is 1. The topological polar surface area (TPSA) is 47.0 Å². The van der Waals surface area contributed by atoms with Crippen molar-refractivity contribution in [3.8, 4) is 6.01 Å². The fourth-order valence-corrected chi connectivity index (χ4v) is 1.84. The molecular weight excluding hydrogens is 226 g/mol. The predicted molar refractivity (Wildman–Crippen MR) is 62.9 cm³/mol. The zero-order valence-corrected chi connectivity index (χ0v) is 10.1. The molecule has 5 heteroatoms. The summed E-state index contributed by atoms with van der Waals surface area (Å²) in [6.07, 6.45) is 3.99. The molecule has 0 amide bonds. The Bertz CT molecular complexity index is 353. The first-order chi connectivity index (χ1) is 7.75. The summed E-state index contributed by atoms with van der Waals surface area (Å²) in [5.74, 6) is 0.602. The van der Waals surface area contributed by atoms with Crippen LogP contribution in [0.5, 0.6) is 6.01 Å². The van der Waals surface area contributed by atoms with Crippen molar-refractivity contribution >= 4 is 11.6 Å². The lowest BCUT2D eigenvalue weighted by molar-refractivity contribution is 0.202. The maximum atomic E-state index is 5.89. The van der Waals surface area contributed by atoms with Crippen molar-refractivity contribution in [2.75, 3.05) is 19.7 Å². The second kappa shape index (κ2) is 5.46. The van der Waals surface area contributed by atoms with Gasteiger partial charge >= 0.3 is 6.01 Å². The van der Waals surface area contributed by atoms with Gasteiger partial charge in [0.1, 0.15) is 5.15 Å². The van der Waals surface area contributed by atoms with Gasteiger partial charge in [-0.05, 0) is 38.8 Å². The van der Waals surface area contributed by atoms with Crippen LogP contribution in [0.25, 0.3) is 0 Å². The molecule has 0 aliphatic carbocycles. The lowest BCUT2D eigenvalue weighted by atomic mass is 9.99. The van der Waals surface area contributed by atoms with E-state index in [0.29, 0.717) is 23.7 Å². The van der Waals surface area contributed by atoms with E-state index in [-0.39, 0.29) is 0 Å². The summed E-state index contributed by atoms with van der Waals surface area (Å²) in [5, 5.41) is 3.79. The molecule has 88 valence electrons. The van der Waals surface area contributed by atoms with E-state index in [1.165, 1.54) is 0 Å². The fraction of sp³-hybridized carbons (Fsp3) is 0.636. The summed E-state index contributed by atoms with van der Waals surface area (Å²) >= 11 is 5.89. The van der Waals surface area contributed by atoms with Gasteiger partial charge in [0.2, 0.25) is 0 Å². The predicted octanol–water partition coefficient (Wildman–Crippen LogP) is 1.82. The van der Waals surface area contributed by atoms with Crippen molar-refractivity contribution < 1.29 is 4.74 Å². The SMILES string of the molecule is Cc1cnc(OCC2CCNCC2)nc1Cl. The Kier molecular flexibility index (Phi) is 3.96. The molecule has 2 rings (SSSR count). The van der Waals surface area contributed by atoms with Crippen LogP contribution in [0.2, 0.25) is 5.15 Å². The molecule has 1 aromatic rings. The van der Waals surface area contributed by atoms with E-state index < -0.39 is 0 Å². The maximum Gasteiger partial charge on any atom is 0.317 e. The number of aryl methyl sites for hydroxylation is 1. The number of nitrogens with zero attached hydrogens (tertiary/aromatic N) is 2. The zero-order chi connectivity index (χ0) is 11.4. The van der Waals surface area contributed by atoms with Crippen molar-refractivity contribution in [2.24, 2.45) is 5.92 Å². The summed E-state index contributed by atoms with van der Waals surface area (Å²) < 4.78 is 5.55. The van der Waals surface area contributed by atoms with Crippen LogP contribution in [0.3, 0.4) is 0 Å². The van der Waals surface area contributed by atoms with Crippen molar-refractivity contribution in [1.82, 2.24) is 15.3 Å². The molecule has 0 aromatic carbocycles. The molecule has 0 bridgehead atoms. The minimum absolute atomic E-state index is 0.383. The number of rotatable bonds is 3. The summed E-state index contributed by atoms with van der Waals surface area (Å²) in [4.78, 5) is 8.16. The molecule has 0 atom stereocenters. The first-order valence-electron chi connectivity index (χ1n) is 5.58. The average Bonchev–Trinajstić information content (AvgIpc) is 2.32. The minimum atomic E-state index is 0.383. The third-order valence-corrected chi connectivity index (χ3v) is 3.18. The summed E-state index contributed by atoms with van der Waals surface area (Å²) in [5.41, 5.74) is 0.871. The smallest absolute Gasteiger partial charge is 0.317 e.